The second-order valence-electron chi connectivity index (χ2n) is 4.01. The molecule has 1 nitrogen and oxygen atoms in total. The van der Waals surface area contributed by atoms with Gasteiger partial charge in [0, 0.05) is 38.9 Å². The first-order valence-electron chi connectivity index (χ1n) is 5.47. The Bertz CT molecular complexity index is 542. The average molecular weight is 332 g/mol. The quantitative estimate of drug-likeness (QED) is 0.860. The Kier molecular flexibility index (Phi) is 4.48. The zero-order chi connectivity index (χ0) is 13.1. The van der Waals surface area contributed by atoms with Crippen molar-refractivity contribution >= 4 is 27.3 Å². The number of thiophene rings is 1. The van der Waals surface area contributed by atoms with Crippen molar-refractivity contribution in [1.82, 2.24) is 5.32 Å². The van der Waals surface area contributed by atoms with E-state index in [4.69, 9.17) is 0 Å². The molecule has 0 saturated heterocycles. The van der Waals surface area contributed by atoms with Crippen LogP contribution >= 0.6 is 27.3 Å². The van der Waals surface area contributed by atoms with E-state index in [1.54, 1.807) is 11.3 Å². The van der Waals surface area contributed by atoms with Crippen LogP contribution in [0.1, 0.15) is 23.4 Å². The van der Waals surface area contributed by atoms with E-state index in [0.717, 1.165) is 10.5 Å². The van der Waals surface area contributed by atoms with Gasteiger partial charge in [-0.15, -0.1) is 11.3 Å². The van der Waals surface area contributed by atoms with E-state index in [1.807, 2.05) is 18.4 Å². The van der Waals surface area contributed by atoms with Crippen LogP contribution in [0.5, 0.6) is 0 Å². The van der Waals surface area contributed by atoms with Crippen LogP contribution in [0.4, 0.5) is 8.78 Å². The van der Waals surface area contributed by atoms with E-state index in [0.29, 0.717) is 12.1 Å². The summed E-state index contributed by atoms with van der Waals surface area (Å²) in [6.07, 6.45) is 0. The SMILES string of the molecule is CC(NCc1ccc(F)cc1F)c1cc(Br)cs1. The van der Waals surface area contributed by atoms with Gasteiger partial charge in [0.05, 0.1) is 0 Å². The lowest BCUT2D eigenvalue weighted by atomic mass is 10.2. The van der Waals surface area contributed by atoms with Crippen molar-refractivity contribution in [3.05, 3.63) is 56.2 Å². The highest BCUT2D eigenvalue weighted by atomic mass is 79.9. The minimum Gasteiger partial charge on any atom is -0.305 e. The Morgan fingerprint density at radius 2 is 2.11 bits per heavy atom. The molecule has 1 aromatic carbocycles. The van der Waals surface area contributed by atoms with Crippen LogP contribution in [0.2, 0.25) is 0 Å². The van der Waals surface area contributed by atoms with Crippen molar-refractivity contribution in [1.29, 1.82) is 0 Å². The second-order valence-corrected chi connectivity index (χ2v) is 5.86. The van der Waals surface area contributed by atoms with Crippen LogP contribution in [0.25, 0.3) is 0 Å². The Balaban J connectivity index is 1.99. The molecule has 2 rings (SSSR count). The van der Waals surface area contributed by atoms with Gasteiger partial charge in [-0.1, -0.05) is 6.07 Å². The standard InChI is InChI=1S/C13H12BrF2NS/c1-8(13-4-10(14)7-18-13)17-6-9-2-3-11(15)5-12(9)16/h2-5,7-8,17H,6H2,1H3. The van der Waals surface area contributed by atoms with Crippen LogP contribution in [-0.2, 0) is 6.54 Å². The van der Waals surface area contributed by atoms with Gasteiger partial charge in [-0.25, -0.2) is 8.78 Å². The first-order valence-corrected chi connectivity index (χ1v) is 7.15. The predicted octanol–water partition coefficient (Wildman–Crippen LogP) is 4.64. The van der Waals surface area contributed by atoms with Crippen LogP contribution in [0.3, 0.4) is 0 Å². The van der Waals surface area contributed by atoms with Gasteiger partial charge in [0.1, 0.15) is 11.6 Å². The topological polar surface area (TPSA) is 12.0 Å². The number of rotatable bonds is 4. The number of hydrogen-bond donors (Lipinski definition) is 1. The molecule has 0 bridgehead atoms. The van der Waals surface area contributed by atoms with Gasteiger partial charge in [-0.2, -0.15) is 0 Å². The van der Waals surface area contributed by atoms with Crippen molar-refractivity contribution in [2.24, 2.45) is 0 Å². The van der Waals surface area contributed by atoms with Crippen LogP contribution < -0.4 is 5.32 Å². The number of halogens is 3. The number of benzene rings is 1. The van der Waals surface area contributed by atoms with E-state index >= 15 is 0 Å². The van der Waals surface area contributed by atoms with Gasteiger partial charge in [0.25, 0.3) is 0 Å². The van der Waals surface area contributed by atoms with Crippen molar-refractivity contribution in [3.63, 3.8) is 0 Å². The molecule has 0 spiro atoms. The third-order valence-corrected chi connectivity index (χ3v) is 4.50. The Morgan fingerprint density at radius 3 is 2.72 bits per heavy atom. The summed E-state index contributed by atoms with van der Waals surface area (Å²) in [6.45, 7) is 2.39. The molecule has 0 aliphatic rings. The average Bonchev–Trinajstić information content (AvgIpc) is 2.74. The van der Waals surface area contributed by atoms with E-state index < -0.39 is 11.6 Å². The lowest BCUT2D eigenvalue weighted by Gasteiger charge is -2.12. The fourth-order valence-corrected chi connectivity index (χ4v) is 3.06. The minimum atomic E-state index is -0.550. The van der Waals surface area contributed by atoms with E-state index in [2.05, 4.69) is 21.2 Å². The molecule has 1 unspecified atom stereocenters. The van der Waals surface area contributed by atoms with Gasteiger partial charge in [0.15, 0.2) is 0 Å². The zero-order valence-corrected chi connectivity index (χ0v) is 12.1. The summed E-state index contributed by atoms with van der Waals surface area (Å²) in [5, 5.41) is 5.22. The molecule has 18 heavy (non-hydrogen) atoms. The molecule has 2 aromatic rings. The summed E-state index contributed by atoms with van der Waals surface area (Å²) < 4.78 is 27.2. The van der Waals surface area contributed by atoms with Gasteiger partial charge < -0.3 is 5.32 Å². The second kappa shape index (κ2) is 5.91. The molecule has 0 aliphatic carbocycles. The smallest absolute Gasteiger partial charge is 0.130 e. The summed E-state index contributed by atoms with van der Waals surface area (Å²) in [5.41, 5.74) is 0.471. The van der Waals surface area contributed by atoms with Crippen molar-refractivity contribution < 1.29 is 8.78 Å². The molecule has 0 fully saturated rings. The molecular formula is C13H12BrF2NS. The normalized spacial score (nSPS) is 12.7. The number of nitrogens with one attached hydrogen (secondary N) is 1. The Labute approximate surface area is 117 Å². The maximum Gasteiger partial charge on any atom is 0.130 e. The van der Waals surface area contributed by atoms with Crippen LogP contribution in [-0.4, -0.2) is 0 Å². The van der Waals surface area contributed by atoms with E-state index in [1.165, 1.54) is 17.0 Å². The predicted molar refractivity (Wildman–Crippen MR) is 73.6 cm³/mol. The van der Waals surface area contributed by atoms with Gasteiger partial charge in [0.2, 0.25) is 0 Å². The monoisotopic (exact) mass is 331 g/mol. The molecular weight excluding hydrogens is 320 g/mol. The molecule has 0 saturated carbocycles. The highest BCUT2D eigenvalue weighted by molar-refractivity contribution is 9.10. The summed E-state index contributed by atoms with van der Waals surface area (Å²) in [5.74, 6) is -1.06. The highest BCUT2D eigenvalue weighted by Gasteiger charge is 2.09. The minimum absolute atomic E-state index is 0.130. The molecule has 1 atom stereocenters. The van der Waals surface area contributed by atoms with Crippen LogP contribution in [0.15, 0.2) is 34.1 Å². The molecule has 1 heterocycles. The maximum absolute atomic E-state index is 13.4. The van der Waals surface area contributed by atoms with Crippen molar-refractivity contribution in [2.75, 3.05) is 0 Å². The summed E-state index contributed by atoms with van der Waals surface area (Å²) in [7, 11) is 0. The van der Waals surface area contributed by atoms with Crippen LogP contribution in [0, 0.1) is 11.6 Å². The molecule has 0 amide bonds. The van der Waals surface area contributed by atoms with E-state index in [9.17, 15) is 8.78 Å². The lowest BCUT2D eigenvalue weighted by Crippen LogP contribution is -2.18. The summed E-state index contributed by atoms with van der Waals surface area (Å²) in [4.78, 5) is 1.17. The van der Waals surface area contributed by atoms with Gasteiger partial charge in [-0.3, -0.25) is 0 Å². The molecule has 96 valence electrons. The zero-order valence-electron chi connectivity index (χ0n) is 9.71. The summed E-state index contributed by atoms with van der Waals surface area (Å²) >= 11 is 5.03. The fraction of sp³-hybridized carbons (Fsp3) is 0.231. The molecule has 1 aromatic heterocycles. The molecule has 5 heteroatoms. The van der Waals surface area contributed by atoms with Gasteiger partial charge >= 0.3 is 0 Å². The Morgan fingerprint density at radius 1 is 1.33 bits per heavy atom. The first-order chi connectivity index (χ1) is 8.56. The Hall–Kier alpha value is -0.780. The molecule has 0 aliphatic heterocycles. The molecule has 1 N–H and O–H groups in total. The van der Waals surface area contributed by atoms with Crippen molar-refractivity contribution in [3.8, 4) is 0 Å². The third kappa shape index (κ3) is 3.37. The van der Waals surface area contributed by atoms with Crippen molar-refractivity contribution in [2.45, 2.75) is 19.5 Å². The lowest BCUT2D eigenvalue weighted by molar-refractivity contribution is 0.537. The maximum atomic E-state index is 13.4. The summed E-state index contributed by atoms with van der Waals surface area (Å²) in [6, 6.07) is 5.80. The third-order valence-electron chi connectivity index (χ3n) is 2.63. The highest BCUT2D eigenvalue weighted by Crippen LogP contribution is 2.25. The van der Waals surface area contributed by atoms with Gasteiger partial charge in [-0.05, 0) is 35.0 Å². The fourth-order valence-electron chi connectivity index (χ4n) is 1.58. The number of hydrogen-bond acceptors (Lipinski definition) is 2. The largest absolute Gasteiger partial charge is 0.305 e. The van der Waals surface area contributed by atoms with E-state index in [-0.39, 0.29) is 6.04 Å². The molecule has 0 radical (unpaired) electrons. The first kappa shape index (κ1) is 13.6.